The molecule has 0 aromatic rings. The quantitative estimate of drug-likeness (QED) is 0.0426. The summed E-state index contributed by atoms with van der Waals surface area (Å²) in [6.45, 7) is 3.85. The summed E-state index contributed by atoms with van der Waals surface area (Å²) in [6, 6.07) is -12.5. The molecular formula is C52H77N9O18. The summed E-state index contributed by atoms with van der Waals surface area (Å²) in [5.41, 5.74) is 3.64. The van der Waals surface area contributed by atoms with Crippen LogP contribution in [0.3, 0.4) is 0 Å². The first-order valence-electron chi connectivity index (χ1n) is 26.9. The van der Waals surface area contributed by atoms with E-state index in [2.05, 4.69) is 31.9 Å². The number of ketones is 1. The Bertz CT molecular complexity index is 2490. The number of aliphatic hydroxyl groups excluding tert-OH is 5. The molecule has 1 unspecified atom stereocenters. The Balaban J connectivity index is 1.10. The molecule has 11 atom stereocenters. The van der Waals surface area contributed by atoms with Crippen molar-refractivity contribution in [3.8, 4) is 0 Å². The number of nitrogens with one attached hydrogen (secondary N) is 6. The minimum atomic E-state index is -1.84. The second-order valence-corrected chi connectivity index (χ2v) is 22.4. The van der Waals surface area contributed by atoms with Crippen molar-refractivity contribution in [2.75, 3.05) is 39.5 Å². The van der Waals surface area contributed by atoms with E-state index in [1.165, 1.54) is 13.8 Å². The molecule has 14 N–H and O–H groups in total. The second kappa shape index (κ2) is 25.4. The maximum absolute atomic E-state index is 14.2. The number of ether oxygens (including phenoxy) is 1. The highest BCUT2D eigenvalue weighted by atomic mass is 16.5. The number of carbonyl (C=O) groups excluding carboxylic acids is 11. The lowest BCUT2D eigenvalue weighted by atomic mass is 9.67. The van der Waals surface area contributed by atoms with Crippen LogP contribution in [0.4, 0.5) is 0 Å². The number of Topliss-reactive ketones (excluding diaryl/α,β-unsaturated/α-hetero) is 1. The van der Waals surface area contributed by atoms with Crippen LogP contribution in [0.1, 0.15) is 112 Å². The third-order valence-electron chi connectivity index (χ3n) is 16.5. The minimum Gasteiger partial charge on any atom is -0.455 e. The van der Waals surface area contributed by atoms with Gasteiger partial charge in [-0.2, -0.15) is 0 Å². The van der Waals surface area contributed by atoms with Gasteiger partial charge in [-0.3, -0.25) is 47.9 Å². The van der Waals surface area contributed by atoms with E-state index >= 15 is 0 Å². The van der Waals surface area contributed by atoms with Crippen molar-refractivity contribution < 1.29 is 88.1 Å². The molecule has 2 saturated heterocycles. The van der Waals surface area contributed by atoms with E-state index in [0.717, 1.165) is 21.8 Å². The monoisotopic (exact) mass is 1120 g/mol. The number of nitrogens with zero attached hydrogens (tertiary/aromatic N) is 2. The lowest BCUT2D eigenvalue weighted by Gasteiger charge is -2.40. The van der Waals surface area contributed by atoms with E-state index < -0.39 is 187 Å². The molecular weight excluding hydrogens is 1040 g/mol. The third kappa shape index (κ3) is 13.3. The van der Waals surface area contributed by atoms with Gasteiger partial charge in [0.15, 0.2) is 5.78 Å². The molecule has 2 heterocycles. The van der Waals surface area contributed by atoms with Crippen molar-refractivity contribution in [3.63, 3.8) is 0 Å². The van der Waals surface area contributed by atoms with Gasteiger partial charge < -0.3 is 82.8 Å². The molecule has 2 saturated carbocycles. The fraction of sp³-hybridized carbons (Fsp3) is 0.712. The first-order valence-corrected chi connectivity index (χ1v) is 26.9. The molecule has 27 nitrogen and oxygen atoms in total. The van der Waals surface area contributed by atoms with E-state index in [1.807, 2.05) is 6.92 Å². The van der Waals surface area contributed by atoms with Gasteiger partial charge in [0.1, 0.15) is 60.0 Å². The van der Waals surface area contributed by atoms with Gasteiger partial charge in [0.25, 0.3) is 0 Å². The first-order chi connectivity index (χ1) is 37.2. The summed E-state index contributed by atoms with van der Waals surface area (Å²) in [7, 11) is 0. The summed E-state index contributed by atoms with van der Waals surface area (Å²) in [5.74, 6) is -10.5. The molecule has 27 heteroatoms. The number of nitrogens with two attached hydrogens (primary N) is 1. The van der Waals surface area contributed by atoms with E-state index in [1.54, 1.807) is 19.9 Å². The zero-order valence-electron chi connectivity index (χ0n) is 45.2. The van der Waals surface area contributed by atoms with Crippen molar-refractivity contribution in [1.82, 2.24) is 41.7 Å². The number of amides is 9. The van der Waals surface area contributed by atoms with Gasteiger partial charge >= 0.3 is 5.97 Å². The highest BCUT2D eigenvalue weighted by Crippen LogP contribution is 2.65. The Labute approximate surface area is 456 Å². The summed E-state index contributed by atoms with van der Waals surface area (Å²) >= 11 is 0. The summed E-state index contributed by atoms with van der Waals surface area (Å²) in [4.78, 5) is 150. The Morgan fingerprint density at radius 2 is 1.24 bits per heavy atom. The molecule has 438 valence electrons. The SMILES string of the molecule is CC(=O)N1C[C@H](O)C[C@H]1C(=O)N[C@@H](CO)C(=O)N[C@@H](CO)C(=O)N[C@H](C(=O)N[C@@H](CCC(N)=O)C(=O)N[C@@H](CO)C(=O)N[C@@H](CO)C(=O)N1CCC[C@H]1C(=O)O[C@@H]1C2=C(C)C3(CC3)C(C)(O)C(=O)C2=CC1(C)C)C1CCCCC1. The molecule has 0 aromatic heterocycles. The van der Waals surface area contributed by atoms with E-state index in [0.29, 0.717) is 50.5 Å². The summed E-state index contributed by atoms with van der Waals surface area (Å²) < 4.78 is 6.14. The summed E-state index contributed by atoms with van der Waals surface area (Å²) in [6.07, 6.45) is 3.13. The average Bonchev–Trinajstić information content (AvgIpc) is 3.76. The minimum absolute atomic E-state index is 0.0218. The van der Waals surface area contributed by atoms with Crippen LogP contribution in [0.2, 0.25) is 0 Å². The van der Waals surface area contributed by atoms with Gasteiger partial charge in [0, 0.05) is 54.8 Å². The van der Waals surface area contributed by atoms with Crippen LogP contribution in [0.25, 0.3) is 0 Å². The van der Waals surface area contributed by atoms with E-state index in [4.69, 9.17) is 10.5 Å². The number of fused-ring (bicyclic) bond motifs is 1. The smallest absolute Gasteiger partial charge is 0.329 e. The number of likely N-dealkylation sites (tertiary alicyclic amines) is 2. The normalized spacial score (nSPS) is 26.3. The number of hydrogen-bond donors (Lipinski definition) is 13. The van der Waals surface area contributed by atoms with Crippen LogP contribution in [0.5, 0.6) is 0 Å². The lowest BCUT2D eigenvalue weighted by molar-refractivity contribution is -0.160. The molecule has 4 aliphatic carbocycles. The van der Waals surface area contributed by atoms with Crippen LogP contribution < -0.4 is 37.6 Å². The Kier molecular flexibility index (Phi) is 19.9. The van der Waals surface area contributed by atoms with Crippen molar-refractivity contribution in [1.29, 1.82) is 0 Å². The summed E-state index contributed by atoms with van der Waals surface area (Å²) in [5, 5.41) is 76.5. The van der Waals surface area contributed by atoms with E-state index in [9.17, 15) is 83.4 Å². The van der Waals surface area contributed by atoms with Crippen LogP contribution in [-0.4, -0.2) is 211 Å². The van der Waals surface area contributed by atoms with Crippen LogP contribution >= 0.6 is 0 Å². The molecule has 4 fully saturated rings. The maximum Gasteiger partial charge on any atom is 0.329 e. The maximum atomic E-state index is 14.2. The molecule has 79 heavy (non-hydrogen) atoms. The van der Waals surface area contributed by atoms with E-state index in [-0.39, 0.29) is 31.5 Å². The zero-order valence-corrected chi connectivity index (χ0v) is 45.2. The fourth-order valence-corrected chi connectivity index (χ4v) is 11.8. The molecule has 6 aliphatic rings. The van der Waals surface area contributed by atoms with Crippen LogP contribution in [0, 0.1) is 16.7 Å². The number of hydrogen-bond acceptors (Lipinski definition) is 18. The lowest BCUT2D eigenvalue weighted by Crippen LogP contribution is -2.62. The Morgan fingerprint density at radius 1 is 0.709 bits per heavy atom. The second-order valence-electron chi connectivity index (χ2n) is 22.4. The first kappa shape index (κ1) is 61.8. The van der Waals surface area contributed by atoms with Crippen molar-refractivity contribution in [3.05, 3.63) is 22.8 Å². The molecule has 2 aliphatic heterocycles. The van der Waals surface area contributed by atoms with Gasteiger partial charge in [0.05, 0.1) is 32.5 Å². The molecule has 1 spiro atoms. The molecule has 6 rings (SSSR count). The average molecular weight is 1120 g/mol. The predicted octanol–water partition coefficient (Wildman–Crippen LogP) is -5.01. The number of β-amino-alcohol motifs (C(OH)–C–C–N with tert-alkyl or cyclic N) is 1. The van der Waals surface area contributed by atoms with Gasteiger partial charge in [-0.05, 0) is 64.7 Å². The number of primary amides is 1. The number of rotatable bonds is 23. The van der Waals surface area contributed by atoms with Gasteiger partial charge in [-0.1, -0.05) is 44.8 Å². The standard InChI is InChI=1S/C52H77N9O18/c1-25-38-29(40(69)51(5,78)52(25)15-16-52)19-50(3,4)41(38)79-49(77)35-12-9-17-60(35)48(76)34(24-65)58-44(72)31(21-62)55-42(70)30(13-14-37(53)68)54-47(75)39(27-10-7-6-8-11-27)59-45(73)33(23-64)56-43(71)32(22-63)57-46(74)36-18-28(67)20-61(36)26(2)66/h19,27-28,30-36,39,41,62-65,67,78H,6-18,20-24H2,1-5H3,(H2,53,68)(H,54,75)(H,55,70)(H,56,71)(H,57,74)(H,58,72)(H,59,73)/t28-,30+,31+,32+,33+,34+,35+,36+,39+,41-,51?/m1/s1. The Morgan fingerprint density at radius 3 is 1.78 bits per heavy atom. The van der Waals surface area contributed by atoms with Gasteiger partial charge in [-0.25, -0.2) is 4.79 Å². The van der Waals surface area contributed by atoms with Gasteiger partial charge in [0.2, 0.25) is 53.2 Å². The van der Waals surface area contributed by atoms with Crippen LogP contribution in [0.15, 0.2) is 22.8 Å². The molecule has 0 aromatic carbocycles. The van der Waals surface area contributed by atoms with Crippen LogP contribution in [-0.2, 0) is 57.5 Å². The predicted molar refractivity (Wildman–Crippen MR) is 273 cm³/mol. The van der Waals surface area contributed by atoms with Crippen molar-refractivity contribution in [2.45, 2.75) is 178 Å². The number of esters is 1. The zero-order chi connectivity index (χ0) is 58.5. The highest BCUT2D eigenvalue weighted by molar-refractivity contribution is 6.09. The van der Waals surface area contributed by atoms with Gasteiger partial charge in [-0.15, -0.1) is 0 Å². The number of aliphatic hydroxyl groups is 6. The largest absolute Gasteiger partial charge is 0.455 e. The molecule has 9 amide bonds. The number of carbonyl (C=O) groups is 11. The topological polar surface area (TPSA) is 423 Å². The van der Waals surface area contributed by atoms with Crippen molar-refractivity contribution in [2.24, 2.45) is 22.5 Å². The third-order valence-corrected chi connectivity index (χ3v) is 16.5. The molecule has 0 bridgehead atoms. The highest BCUT2D eigenvalue weighted by Gasteiger charge is 2.67. The fourth-order valence-electron chi connectivity index (χ4n) is 11.8. The Hall–Kier alpha value is -6.39. The van der Waals surface area contributed by atoms with Crippen molar-refractivity contribution >= 4 is 64.9 Å². The molecule has 0 radical (unpaired) electrons.